The summed E-state index contributed by atoms with van der Waals surface area (Å²) in [6.07, 6.45) is -1.30. The smallest absolute Gasteiger partial charge is 0.407 e. The van der Waals surface area contributed by atoms with Crippen LogP contribution in [-0.2, 0) is 9.53 Å². The van der Waals surface area contributed by atoms with Gasteiger partial charge in [-0.3, -0.25) is 4.79 Å². The summed E-state index contributed by atoms with van der Waals surface area (Å²) in [5, 5.41) is 11.7. The fraction of sp³-hybridized carbons (Fsp3) is 0.200. The number of fused-ring (bicyclic) bond motifs is 3. The van der Waals surface area contributed by atoms with Crippen LogP contribution >= 0.6 is 0 Å². The standard InChI is InChI=1S/C25H22FNO5/c1-31-15-10-11-20(22(26)12-15)23(13-24(28)29)27-25(30)32-14-21-18-8-4-2-6-16(18)17-7-3-5-9-19(17)21/h2-12,21,23H,13-14H2,1H3,(H,27,30)(H,28,29)/t23-/m0/s1. The highest BCUT2D eigenvalue weighted by Gasteiger charge is 2.29. The number of hydrogen-bond acceptors (Lipinski definition) is 4. The van der Waals surface area contributed by atoms with Gasteiger partial charge in [-0.05, 0) is 28.3 Å². The fourth-order valence-electron chi connectivity index (χ4n) is 4.11. The first-order valence-corrected chi connectivity index (χ1v) is 10.1. The molecule has 0 fully saturated rings. The minimum atomic E-state index is -1.18. The van der Waals surface area contributed by atoms with Crippen molar-refractivity contribution in [3.63, 3.8) is 0 Å². The van der Waals surface area contributed by atoms with Gasteiger partial charge >= 0.3 is 12.1 Å². The molecular formula is C25H22FNO5. The van der Waals surface area contributed by atoms with E-state index in [9.17, 15) is 19.1 Å². The molecule has 6 nitrogen and oxygen atoms in total. The first kappa shape index (κ1) is 21.4. The van der Waals surface area contributed by atoms with Crippen LogP contribution in [0.4, 0.5) is 9.18 Å². The number of ether oxygens (including phenoxy) is 2. The van der Waals surface area contributed by atoms with Crippen LogP contribution in [0.1, 0.15) is 35.1 Å². The molecule has 32 heavy (non-hydrogen) atoms. The van der Waals surface area contributed by atoms with E-state index >= 15 is 0 Å². The molecule has 2 N–H and O–H groups in total. The molecule has 1 aliphatic carbocycles. The lowest BCUT2D eigenvalue weighted by Crippen LogP contribution is -2.32. The zero-order chi connectivity index (χ0) is 22.7. The number of hydrogen-bond donors (Lipinski definition) is 2. The molecule has 164 valence electrons. The largest absolute Gasteiger partial charge is 0.497 e. The van der Waals surface area contributed by atoms with Crippen molar-refractivity contribution in [1.29, 1.82) is 0 Å². The lowest BCUT2D eigenvalue weighted by Gasteiger charge is -2.20. The number of carboxylic acid groups (broad SMARTS) is 1. The van der Waals surface area contributed by atoms with E-state index in [2.05, 4.69) is 5.32 Å². The zero-order valence-electron chi connectivity index (χ0n) is 17.4. The van der Waals surface area contributed by atoms with Crippen LogP contribution in [0.2, 0.25) is 0 Å². The Morgan fingerprint density at radius 3 is 2.22 bits per heavy atom. The highest BCUT2D eigenvalue weighted by atomic mass is 19.1. The number of alkyl carbamates (subject to hydrolysis) is 1. The van der Waals surface area contributed by atoms with Gasteiger partial charge in [-0.2, -0.15) is 0 Å². The molecule has 7 heteroatoms. The molecule has 0 aliphatic heterocycles. The van der Waals surface area contributed by atoms with Gasteiger partial charge in [-0.1, -0.05) is 54.6 Å². The molecule has 1 aliphatic rings. The Morgan fingerprint density at radius 1 is 1.03 bits per heavy atom. The van der Waals surface area contributed by atoms with Crippen molar-refractivity contribution in [3.8, 4) is 16.9 Å². The summed E-state index contributed by atoms with van der Waals surface area (Å²) >= 11 is 0. The van der Waals surface area contributed by atoms with Crippen LogP contribution < -0.4 is 10.1 Å². The molecule has 0 spiro atoms. The molecule has 0 unspecified atom stereocenters. The van der Waals surface area contributed by atoms with Crippen LogP contribution in [0.3, 0.4) is 0 Å². The summed E-state index contributed by atoms with van der Waals surface area (Å²) in [7, 11) is 1.40. The van der Waals surface area contributed by atoms with Gasteiger partial charge in [0.25, 0.3) is 0 Å². The number of carboxylic acids is 1. The number of carbonyl (C=O) groups excluding carboxylic acids is 1. The topological polar surface area (TPSA) is 84.9 Å². The van der Waals surface area contributed by atoms with E-state index < -0.39 is 30.3 Å². The normalized spacial score (nSPS) is 13.1. The van der Waals surface area contributed by atoms with Gasteiger partial charge < -0.3 is 19.9 Å². The van der Waals surface area contributed by atoms with Gasteiger partial charge in [-0.15, -0.1) is 0 Å². The molecule has 0 bridgehead atoms. The van der Waals surface area contributed by atoms with Gasteiger partial charge in [0.1, 0.15) is 18.2 Å². The first-order chi connectivity index (χ1) is 15.5. The third-order valence-electron chi connectivity index (χ3n) is 5.60. The molecular weight excluding hydrogens is 413 g/mol. The second-order valence-corrected chi connectivity index (χ2v) is 7.51. The Kier molecular flexibility index (Phi) is 6.07. The Morgan fingerprint density at radius 2 is 1.66 bits per heavy atom. The van der Waals surface area contributed by atoms with E-state index in [0.717, 1.165) is 28.3 Å². The highest BCUT2D eigenvalue weighted by molar-refractivity contribution is 5.79. The number of rotatable bonds is 7. The number of benzene rings is 3. The minimum absolute atomic E-state index is 0.0432. The molecule has 0 saturated carbocycles. The van der Waals surface area contributed by atoms with Crippen LogP contribution in [-0.4, -0.2) is 30.9 Å². The summed E-state index contributed by atoms with van der Waals surface area (Å²) in [5.74, 6) is -1.69. The predicted octanol–water partition coefficient (Wildman–Crippen LogP) is 4.89. The highest BCUT2D eigenvalue weighted by Crippen LogP contribution is 2.44. The molecule has 0 radical (unpaired) electrons. The van der Waals surface area contributed by atoms with E-state index in [1.54, 1.807) is 0 Å². The first-order valence-electron chi connectivity index (χ1n) is 10.1. The van der Waals surface area contributed by atoms with Crippen molar-refractivity contribution in [2.75, 3.05) is 13.7 Å². The van der Waals surface area contributed by atoms with Gasteiger partial charge in [0, 0.05) is 17.5 Å². The number of amides is 1. The summed E-state index contributed by atoms with van der Waals surface area (Å²) in [5.41, 5.74) is 4.36. The average Bonchev–Trinajstić information content (AvgIpc) is 3.10. The van der Waals surface area contributed by atoms with Crippen molar-refractivity contribution in [3.05, 3.63) is 89.2 Å². The Bertz CT molecular complexity index is 1120. The number of methoxy groups -OCH3 is 1. The SMILES string of the molecule is COc1ccc([C@H](CC(=O)O)NC(=O)OCC2c3ccccc3-c3ccccc32)c(F)c1. The van der Waals surface area contributed by atoms with Crippen molar-refractivity contribution >= 4 is 12.1 Å². The van der Waals surface area contributed by atoms with Crippen molar-refractivity contribution in [2.24, 2.45) is 0 Å². The quantitative estimate of drug-likeness (QED) is 0.552. The van der Waals surface area contributed by atoms with Crippen molar-refractivity contribution in [2.45, 2.75) is 18.4 Å². The number of halogens is 1. The third kappa shape index (κ3) is 4.27. The predicted molar refractivity (Wildman–Crippen MR) is 116 cm³/mol. The van der Waals surface area contributed by atoms with Gasteiger partial charge in [0.05, 0.1) is 19.6 Å². The van der Waals surface area contributed by atoms with E-state index in [-0.39, 0.29) is 18.1 Å². The maximum atomic E-state index is 14.5. The maximum absolute atomic E-state index is 14.5. The molecule has 3 aromatic carbocycles. The molecule has 3 aromatic rings. The monoisotopic (exact) mass is 435 g/mol. The summed E-state index contributed by atoms with van der Waals surface area (Å²) in [6, 6.07) is 18.8. The van der Waals surface area contributed by atoms with Gasteiger partial charge in [-0.25, -0.2) is 9.18 Å². The zero-order valence-corrected chi connectivity index (χ0v) is 17.4. The fourth-order valence-corrected chi connectivity index (χ4v) is 4.11. The van der Waals surface area contributed by atoms with E-state index in [1.807, 2.05) is 48.5 Å². The summed E-state index contributed by atoms with van der Waals surface area (Å²) in [6.45, 7) is 0.0742. The molecule has 4 rings (SSSR count). The maximum Gasteiger partial charge on any atom is 0.407 e. The molecule has 0 heterocycles. The Labute approximate surface area is 184 Å². The van der Waals surface area contributed by atoms with Crippen molar-refractivity contribution in [1.82, 2.24) is 5.32 Å². The van der Waals surface area contributed by atoms with Crippen LogP contribution in [0.25, 0.3) is 11.1 Å². The van der Waals surface area contributed by atoms with Crippen LogP contribution in [0.5, 0.6) is 5.75 Å². The van der Waals surface area contributed by atoms with Gasteiger partial charge in [0.15, 0.2) is 0 Å². The van der Waals surface area contributed by atoms with Crippen LogP contribution in [0, 0.1) is 5.82 Å². The van der Waals surface area contributed by atoms with Crippen molar-refractivity contribution < 1.29 is 28.6 Å². The lowest BCUT2D eigenvalue weighted by atomic mass is 9.98. The van der Waals surface area contributed by atoms with E-state index in [0.29, 0.717) is 5.75 Å². The Balaban J connectivity index is 1.49. The van der Waals surface area contributed by atoms with Gasteiger partial charge in [0.2, 0.25) is 0 Å². The number of carbonyl (C=O) groups is 2. The second kappa shape index (κ2) is 9.09. The Hall–Kier alpha value is -3.87. The molecule has 0 aromatic heterocycles. The minimum Gasteiger partial charge on any atom is -0.497 e. The summed E-state index contributed by atoms with van der Waals surface area (Å²) < 4.78 is 24.9. The number of nitrogens with one attached hydrogen (secondary N) is 1. The number of aliphatic carboxylic acids is 1. The molecule has 1 atom stereocenters. The lowest BCUT2D eigenvalue weighted by molar-refractivity contribution is -0.137. The molecule has 1 amide bonds. The summed E-state index contributed by atoms with van der Waals surface area (Å²) in [4.78, 5) is 23.9. The van der Waals surface area contributed by atoms with E-state index in [1.165, 1.54) is 19.2 Å². The average molecular weight is 435 g/mol. The molecule has 0 saturated heterocycles. The third-order valence-corrected chi connectivity index (χ3v) is 5.60. The van der Waals surface area contributed by atoms with E-state index in [4.69, 9.17) is 9.47 Å². The van der Waals surface area contributed by atoms with Crippen LogP contribution in [0.15, 0.2) is 66.7 Å². The second-order valence-electron chi connectivity index (χ2n) is 7.51.